The van der Waals surface area contributed by atoms with Crippen molar-refractivity contribution in [2.45, 2.75) is 20.8 Å². The summed E-state index contributed by atoms with van der Waals surface area (Å²) >= 11 is 0. The van der Waals surface area contributed by atoms with Crippen LogP contribution < -0.4 is 10.2 Å². The lowest BCUT2D eigenvalue weighted by Crippen LogP contribution is -2.25. The van der Waals surface area contributed by atoms with Gasteiger partial charge in [0.05, 0.1) is 0 Å². The fourth-order valence-electron chi connectivity index (χ4n) is 1.49. The maximum atomic E-state index is 13.5. The molecule has 1 aromatic rings. The molecule has 0 aliphatic heterocycles. The van der Waals surface area contributed by atoms with Gasteiger partial charge < -0.3 is 10.2 Å². The van der Waals surface area contributed by atoms with E-state index in [0.717, 1.165) is 6.07 Å². The molecule has 0 bridgehead atoms. The first-order valence-corrected chi connectivity index (χ1v) is 5.48. The maximum absolute atomic E-state index is 13.5. The summed E-state index contributed by atoms with van der Waals surface area (Å²) in [6.07, 6.45) is 0. The van der Waals surface area contributed by atoms with Crippen LogP contribution in [0, 0.1) is 11.6 Å². The Kier molecular flexibility index (Phi) is 4.46. The lowest BCUT2D eigenvalue weighted by atomic mass is 10.3. The van der Waals surface area contributed by atoms with Crippen molar-refractivity contribution in [3.63, 3.8) is 0 Å². The quantitative estimate of drug-likeness (QED) is 0.841. The maximum Gasteiger partial charge on any atom is 0.168 e. The van der Waals surface area contributed by atoms with Gasteiger partial charge in [-0.1, -0.05) is 0 Å². The van der Waals surface area contributed by atoms with Crippen molar-refractivity contribution < 1.29 is 8.78 Å². The van der Waals surface area contributed by atoms with E-state index in [1.54, 1.807) is 4.90 Å². The zero-order chi connectivity index (χ0) is 12.1. The summed E-state index contributed by atoms with van der Waals surface area (Å²) in [6.45, 7) is 7.46. The van der Waals surface area contributed by atoms with Gasteiger partial charge >= 0.3 is 0 Å². The topological polar surface area (TPSA) is 28.2 Å². The number of aromatic nitrogens is 1. The third kappa shape index (κ3) is 2.59. The molecule has 90 valence electrons. The lowest BCUT2D eigenvalue weighted by molar-refractivity contribution is 0.571. The number of halogens is 2. The van der Waals surface area contributed by atoms with Gasteiger partial charge in [0.2, 0.25) is 0 Å². The van der Waals surface area contributed by atoms with Crippen LogP contribution >= 0.6 is 0 Å². The van der Waals surface area contributed by atoms with Crippen LogP contribution in [-0.4, -0.2) is 24.6 Å². The van der Waals surface area contributed by atoms with Gasteiger partial charge in [0.1, 0.15) is 0 Å². The van der Waals surface area contributed by atoms with Gasteiger partial charge in [0.15, 0.2) is 23.3 Å². The fraction of sp³-hybridized carbons (Fsp3) is 0.545. The largest absolute Gasteiger partial charge is 0.368 e. The molecule has 0 unspecified atom stereocenters. The molecule has 0 aliphatic carbocycles. The Hall–Kier alpha value is -1.39. The number of rotatable bonds is 5. The van der Waals surface area contributed by atoms with Gasteiger partial charge in [0.25, 0.3) is 0 Å². The molecule has 5 heteroatoms. The van der Waals surface area contributed by atoms with Crippen molar-refractivity contribution in [2.75, 3.05) is 29.9 Å². The predicted molar refractivity (Wildman–Crippen MR) is 61.9 cm³/mol. The Morgan fingerprint density at radius 2 is 1.81 bits per heavy atom. The highest BCUT2D eigenvalue weighted by atomic mass is 19.1. The smallest absolute Gasteiger partial charge is 0.168 e. The van der Waals surface area contributed by atoms with Crippen molar-refractivity contribution in [1.82, 2.24) is 4.98 Å². The zero-order valence-corrected chi connectivity index (χ0v) is 9.85. The van der Waals surface area contributed by atoms with Crippen molar-refractivity contribution >= 4 is 11.6 Å². The number of nitrogens with one attached hydrogen (secondary N) is 1. The van der Waals surface area contributed by atoms with E-state index in [1.165, 1.54) is 0 Å². The Morgan fingerprint density at radius 3 is 2.31 bits per heavy atom. The fourth-order valence-corrected chi connectivity index (χ4v) is 1.49. The summed E-state index contributed by atoms with van der Waals surface area (Å²) < 4.78 is 26.8. The first-order chi connectivity index (χ1) is 7.63. The minimum absolute atomic E-state index is 0.103. The van der Waals surface area contributed by atoms with Crippen molar-refractivity contribution in [3.05, 3.63) is 17.7 Å². The number of hydrogen-bond donors (Lipinski definition) is 1. The molecule has 0 aliphatic rings. The Balaban J connectivity index is 3.12. The number of hydrogen-bond acceptors (Lipinski definition) is 3. The molecule has 0 amide bonds. The zero-order valence-electron chi connectivity index (χ0n) is 9.85. The highest BCUT2D eigenvalue weighted by Gasteiger charge is 2.15. The van der Waals surface area contributed by atoms with Gasteiger partial charge in [-0.15, -0.1) is 0 Å². The molecule has 16 heavy (non-hydrogen) atoms. The lowest BCUT2D eigenvalue weighted by Gasteiger charge is -2.21. The molecule has 1 aromatic heterocycles. The molecular formula is C11H17F2N3. The first kappa shape index (κ1) is 12.7. The summed E-state index contributed by atoms with van der Waals surface area (Å²) in [5, 5.41) is 2.77. The summed E-state index contributed by atoms with van der Waals surface area (Å²) in [6, 6.07) is 0.874. The van der Waals surface area contributed by atoms with E-state index in [2.05, 4.69) is 10.3 Å². The second kappa shape index (κ2) is 5.63. The molecule has 3 nitrogen and oxygen atoms in total. The third-order valence-corrected chi connectivity index (χ3v) is 2.32. The predicted octanol–water partition coefficient (Wildman–Crippen LogP) is 2.64. The van der Waals surface area contributed by atoms with Gasteiger partial charge in [-0.25, -0.2) is 13.8 Å². The van der Waals surface area contributed by atoms with Gasteiger partial charge in [0, 0.05) is 25.7 Å². The molecular weight excluding hydrogens is 212 g/mol. The molecule has 1 N–H and O–H groups in total. The molecule has 1 rings (SSSR count). The summed E-state index contributed by atoms with van der Waals surface area (Å²) in [5.74, 6) is -0.980. The van der Waals surface area contributed by atoms with Crippen molar-refractivity contribution in [3.8, 4) is 0 Å². The van der Waals surface area contributed by atoms with Crippen LogP contribution in [0.1, 0.15) is 20.8 Å². The minimum Gasteiger partial charge on any atom is -0.368 e. The van der Waals surface area contributed by atoms with E-state index in [-0.39, 0.29) is 11.6 Å². The van der Waals surface area contributed by atoms with Crippen LogP contribution in [-0.2, 0) is 0 Å². The van der Waals surface area contributed by atoms with E-state index in [9.17, 15) is 8.78 Å². The first-order valence-electron chi connectivity index (χ1n) is 5.48. The molecule has 0 aromatic carbocycles. The Bertz CT molecular complexity index is 351. The number of anilines is 2. The Labute approximate surface area is 94.5 Å². The normalized spacial score (nSPS) is 10.3. The molecule has 1 heterocycles. The standard InChI is InChI=1S/C11H17F2N3/c1-4-14-10-8(12)7-9(13)11(15-10)16(5-2)6-3/h7H,4-6H2,1-3H3,(H,14,15). The van der Waals surface area contributed by atoms with E-state index in [0.29, 0.717) is 19.6 Å². The van der Waals surface area contributed by atoms with Gasteiger partial charge in [-0.05, 0) is 20.8 Å². The van der Waals surface area contributed by atoms with E-state index in [1.807, 2.05) is 20.8 Å². The molecule has 0 fully saturated rings. The second-order valence-electron chi connectivity index (χ2n) is 3.33. The highest BCUT2D eigenvalue weighted by Crippen LogP contribution is 2.21. The Morgan fingerprint density at radius 1 is 1.19 bits per heavy atom. The number of pyridine rings is 1. The van der Waals surface area contributed by atoms with Crippen LogP contribution in [0.2, 0.25) is 0 Å². The van der Waals surface area contributed by atoms with Crippen molar-refractivity contribution in [2.24, 2.45) is 0 Å². The summed E-state index contributed by atoms with van der Waals surface area (Å²) in [7, 11) is 0. The molecule has 0 saturated carbocycles. The van der Waals surface area contributed by atoms with E-state index < -0.39 is 11.6 Å². The highest BCUT2D eigenvalue weighted by molar-refractivity contribution is 5.49. The average Bonchev–Trinajstić information content (AvgIpc) is 2.26. The monoisotopic (exact) mass is 229 g/mol. The van der Waals surface area contributed by atoms with Crippen LogP contribution in [0.3, 0.4) is 0 Å². The summed E-state index contributed by atoms with van der Waals surface area (Å²) in [5.41, 5.74) is 0. The summed E-state index contributed by atoms with van der Waals surface area (Å²) in [4.78, 5) is 5.71. The average molecular weight is 229 g/mol. The van der Waals surface area contributed by atoms with E-state index in [4.69, 9.17) is 0 Å². The second-order valence-corrected chi connectivity index (χ2v) is 3.33. The van der Waals surface area contributed by atoms with Crippen LogP contribution in [0.15, 0.2) is 6.07 Å². The number of nitrogens with zero attached hydrogens (tertiary/aromatic N) is 2. The van der Waals surface area contributed by atoms with Gasteiger partial charge in [-0.2, -0.15) is 0 Å². The third-order valence-electron chi connectivity index (χ3n) is 2.32. The SMILES string of the molecule is CCNc1nc(N(CC)CC)c(F)cc1F. The van der Waals surface area contributed by atoms with Gasteiger partial charge in [-0.3, -0.25) is 0 Å². The molecule has 0 saturated heterocycles. The van der Waals surface area contributed by atoms with Crippen LogP contribution in [0.5, 0.6) is 0 Å². The molecule has 0 atom stereocenters. The van der Waals surface area contributed by atoms with Crippen molar-refractivity contribution in [1.29, 1.82) is 0 Å². The molecule has 0 radical (unpaired) electrons. The van der Waals surface area contributed by atoms with Crippen LogP contribution in [0.25, 0.3) is 0 Å². The molecule has 0 spiro atoms. The minimum atomic E-state index is -0.657. The van der Waals surface area contributed by atoms with E-state index >= 15 is 0 Å². The van der Waals surface area contributed by atoms with Crippen LogP contribution in [0.4, 0.5) is 20.4 Å².